The highest BCUT2D eigenvalue weighted by Crippen LogP contribution is 2.28. The molecule has 33 heavy (non-hydrogen) atoms. The quantitative estimate of drug-likeness (QED) is 0.400. The van der Waals surface area contributed by atoms with E-state index in [1.165, 1.54) is 12.1 Å². The molecule has 0 aliphatic carbocycles. The SMILES string of the molecule is O=C(Cc1ccc(OCc2ccccc2)cc1OCc1ccccc1)On1c(O)ccc1O. The van der Waals surface area contributed by atoms with Gasteiger partial charge in [-0.3, -0.25) is 0 Å². The molecule has 4 rings (SSSR count). The average Bonchev–Trinajstić information content (AvgIpc) is 3.15. The molecule has 0 aliphatic heterocycles. The van der Waals surface area contributed by atoms with Gasteiger partial charge in [0.1, 0.15) is 24.7 Å². The monoisotopic (exact) mass is 445 g/mol. The minimum Gasteiger partial charge on any atom is -0.492 e. The molecule has 1 heterocycles. The first-order valence-electron chi connectivity index (χ1n) is 10.4. The molecule has 168 valence electrons. The fraction of sp³-hybridized carbons (Fsp3) is 0.115. The Morgan fingerprint density at radius 2 is 1.30 bits per heavy atom. The van der Waals surface area contributed by atoms with Crippen LogP contribution >= 0.6 is 0 Å². The Morgan fingerprint density at radius 3 is 1.91 bits per heavy atom. The van der Waals surface area contributed by atoms with E-state index < -0.39 is 5.97 Å². The Labute approximate surface area is 191 Å². The zero-order valence-corrected chi connectivity index (χ0v) is 17.8. The highest BCUT2D eigenvalue weighted by Gasteiger charge is 2.16. The van der Waals surface area contributed by atoms with Crippen molar-refractivity contribution in [2.45, 2.75) is 19.6 Å². The lowest BCUT2D eigenvalue weighted by Crippen LogP contribution is -2.21. The molecule has 0 fully saturated rings. The zero-order valence-electron chi connectivity index (χ0n) is 17.8. The van der Waals surface area contributed by atoms with Gasteiger partial charge in [0.15, 0.2) is 0 Å². The van der Waals surface area contributed by atoms with E-state index in [-0.39, 0.29) is 18.2 Å². The second-order valence-corrected chi connectivity index (χ2v) is 7.30. The summed E-state index contributed by atoms with van der Waals surface area (Å²) < 4.78 is 12.6. The third-order valence-corrected chi connectivity index (χ3v) is 4.85. The Hall–Kier alpha value is -4.39. The molecule has 3 aromatic carbocycles. The maximum Gasteiger partial charge on any atom is 0.337 e. The second-order valence-electron chi connectivity index (χ2n) is 7.30. The van der Waals surface area contributed by atoms with Gasteiger partial charge in [-0.05, 0) is 17.2 Å². The number of aromatic nitrogens is 1. The molecule has 0 unspecified atom stereocenters. The van der Waals surface area contributed by atoms with Gasteiger partial charge in [0.25, 0.3) is 0 Å². The molecular formula is C26H23NO6. The lowest BCUT2D eigenvalue weighted by Gasteiger charge is -2.14. The number of hydrogen-bond donors (Lipinski definition) is 2. The number of nitrogens with zero attached hydrogens (tertiary/aromatic N) is 1. The maximum absolute atomic E-state index is 12.5. The largest absolute Gasteiger partial charge is 0.492 e. The smallest absolute Gasteiger partial charge is 0.337 e. The van der Waals surface area contributed by atoms with Crippen LogP contribution in [0.3, 0.4) is 0 Å². The van der Waals surface area contributed by atoms with Crippen molar-refractivity contribution in [3.8, 4) is 23.3 Å². The normalized spacial score (nSPS) is 10.5. The van der Waals surface area contributed by atoms with Gasteiger partial charge in [-0.2, -0.15) is 0 Å². The molecule has 2 N–H and O–H groups in total. The van der Waals surface area contributed by atoms with Crippen LogP contribution in [0.15, 0.2) is 91.0 Å². The van der Waals surface area contributed by atoms with Gasteiger partial charge < -0.3 is 24.5 Å². The molecule has 0 radical (unpaired) electrons. The van der Waals surface area contributed by atoms with Crippen LogP contribution in [0.1, 0.15) is 16.7 Å². The number of hydrogen-bond acceptors (Lipinski definition) is 6. The summed E-state index contributed by atoms with van der Waals surface area (Å²) in [6.07, 6.45) is -0.139. The highest BCUT2D eigenvalue weighted by atomic mass is 16.7. The molecule has 0 saturated carbocycles. The summed E-state index contributed by atoms with van der Waals surface area (Å²) in [5.41, 5.74) is 2.58. The first-order valence-corrected chi connectivity index (χ1v) is 10.4. The predicted octanol–water partition coefficient (Wildman–Crippen LogP) is 4.26. The van der Waals surface area contributed by atoms with E-state index in [4.69, 9.17) is 14.3 Å². The first-order chi connectivity index (χ1) is 16.1. The molecule has 0 atom stereocenters. The second kappa shape index (κ2) is 10.3. The van der Waals surface area contributed by atoms with Crippen molar-refractivity contribution in [2.75, 3.05) is 0 Å². The molecule has 7 heteroatoms. The van der Waals surface area contributed by atoms with E-state index in [1.54, 1.807) is 18.2 Å². The summed E-state index contributed by atoms with van der Waals surface area (Å²) in [7, 11) is 0. The Balaban J connectivity index is 1.50. The Kier molecular flexibility index (Phi) is 6.80. The van der Waals surface area contributed by atoms with Crippen molar-refractivity contribution in [1.29, 1.82) is 0 Å². The van der Waals surface area contributed by atoms with Crippen molar-refractivity contribution < 1.29 is 29.3 Å². The third-order valence-electron chi connectivity index (χ3n) is 4.85. The van der Waals surface area contributed by atoms with Crippen LogP contribution in [0.5, 0.6) is 23.3 Å². The number of rotatable bonds is 9. The van der Waals surface area contributed by atoms with Gasteiger partial charge in [-0.15, -0.1) is 4.73 Å². The number of aromatic hydroxyl groups is 2. The Bertz CT molecular complexity index is 1180. The molecule has 4 aromatic rings. The van der Waals surface area contributed by atoms with Crippen LogP contribution < -0.4 is 14.3 Å². The highest BCUT2D eigenvalue weighted by molar-refractivity contribution is 5.74. The third kappa shape index (κ3) is 5.86. The summed E-state index contributed by atoms with van der Waals surface area (Å²) in [6.45, 7) is 0.705. The standard InChI is InChI=1S/C26H23NO6/c28-24-13-14-25(29)27(24)33-26(30)15-21-11-12-22(31-17-19-7-3-1-4-8-19)16-23(21)32-18-20-9-5-2-6-10-20/h1-14,16,28-29H,15,17-18H2. The van der Waals surface area contributed by atoms with Crippen molar-refractivity contribution in [2.24, 2.45) is 0 Å². The van der Waals surface area contributed by atoms with Crippen molar-refractivity contribution in [3.63, 3.8) is 0 Å². The fourth-order valence-electron chi connectivity index (χ4n) is 3.17. The molecule has 0 saturated heterocycles. The molecule has 0 amide bonds. The molecule has 0 bridgehead atoms. The van der Waals surface area contributed by atoms with E-state index in [2.05, 4.69) is 0 Å². The summed E-state index contributed by atoms with van der Waals surface area (Å²) in [5.74, 6) is -0.376. The average molecular weight is 445 g/mol. The minimum atomic E-state index is -0.681. The van der Waals surface area contributed by atoms with Crippen LogP contribution in [-0.2, 0) is 24.4 Å². The van der Waals surface area contributed by atoms with Gasteiger partial charge in [0.2, 0.25) is 11.8 Å². The van der Waals surface area contributed by atoms with E-state index >= 15 is 0 Å². The predicted molar refractivity (Wildman–Crippen MR) is 121 cm³/mol. The summed E-state index contributed by atoms with van der Waals surface area (Å²) in [6, 6.07) is 27.1. The van der Waals surface area contributed by atoms with E-state index in [1.807, 2.05) is 60.7 Å². The zero-order chi connectivity index (χ0) is 23.0. The van der Waals surface area contributed by atoms with Crippen molar-refractivity contribution in [1.82, 2.24) is 4.73 Å². The summed E-state index contributed by atoms with van der Waals surface area (Å²) >= 11 is 0. The molecule has 0 aliphatic rings. The van der Waals surface area contributed by atoms with Crippen molar-refractivity contribution in [3.05, 3.63) is 108 Å². The van der Waals surface area contributed by atoms with Gasteiger partial charge in [-0.1, -0.05) is 66.7 Å². The Morgan fingerprint density at radius 1 is 0.727 bits per heavy atom. The number of benzene rings is 3. The van der Waals surface area contributed by atoms with E-state index in [9.17, 15) is 15.0 Å². The maximum atomic E-state index is 12.5. The van der Waals surface area contributed by atoms with Gasteiger partial charge in [-0.25, -0.2) is 4.79 Å². The summed E-state index contributed by atoms with van der Waals surface area (Å²) in [4.78, 5) is 17.5. The van der Waals surface area contributed by atoms with Gasteiger partial charge >= 0.3 is 5.97 Å². The summed E-state index contributed by atoms with van der Waals surface area (Å²) in [5, 5.41) is 19.4. The fourth-order valence-corrected chi connectivity index (χ4v) is 3.17. The van der Waals surface area contributed by atoms with Crippen LogP contribution in [0, 0.1) is 0 Å². The number of ether oxygens (including phenoxy) is 2. The lowest BCUT2D eigenvalue weighted by molar-refractivity contribution is -0.144. The van der Waals surface area contributed by atoms with E-state index in [0.717, 1.165) is 11.1 Å². The molecule has 7 nitrogen and oxygen atoms in total. The molecule has 1 aromatic heterocycles. The minimum absolute atomic E-state index is 0.139. The number of carbonyl (C=O) groups excluding carboxylic acids is 1. The van der Waals surface area contributed by atoms with Crippen LogP contribution in [-0.4, -0.2) is 20.9 Å². The van der Waals surface area contributed by atoms with Gasteiger partial charge in [0, 0.05) is 23.8 Å². The number of carbonyl (C=O) groups is 1. The van der Waals surface area contributed by atoms with Crippen LogP contribution in [0.2, 0.25) is 0 Å². The van der Waals surface area contributed by atoms with Crippen LogP contribution in [0.25, 0.3) is 0 Å². The van der Waals surface area contributed by atoms with E-state index in [0.29, 0.717) is 35.0 Å². The molecular weight excluding hydrogens is 422 g/mol. The lowest BCUT2D eigenvalue weighted by atomic mass is 10.1. The first kappa shape index (κ1) is 21.8. The van der Waals surface area contributed by atoms with Gasteiger partial charge in [0.05, 0.1) is 6.42 Å². The van der Waals surface area contributed by atoms with Crippen LogP contribution in [0.4, 0.5) is 0 Å². The molecule has 0 spiro atoms. The van der Waals surface area contributed by atoms with Crippen molar-refractivity contribution >= 4 is 5.97 Å². The topological polar surface area (TPSA) is 90.2 Å².